The Balaban J connectivity index is 2.81. The summed E-state index contributed by atoms with van der Waals surface area (Å²) in [5.41, 5.74) is 0.463. The van der Waals surface area contributed by atoms with Gasteiger partial charge in [0.05, 0.1) is 0 Å². The molecule has 1 aromatic heterocycles. The summed E-state index contributed by atoms with van der Waals surface area (Å²) in [6.07, 6.45) is 1.72. The molecule has 0 saturated carbocycles. The number of aromatic nitrogens is 1. The number of pyridine rings is 1. The van der Waals surface area contributed by atoms with Crippen LogP contribution in [0, 0.1) is 5.95 Å². The Morgan fingerprint density at radius 2 is 2.40 bits per heavy atom. The summed E-state index contributed by atoms with van der Waals surface area (Å²) in [6.45, 7) is -0.0391. The van der Waals surface area contributed by atoms with Crippen LogP contribution in [-0.4, -0.2) is 16.7 Å². The van der Waals surface area contributed by atoms with Crippen LogP contribution in [-0.2, 0) is 6.42 Å². The first kappa shape index (κ1) is 7.15. The van der Waals surface area contributed by atoms with Gasteiger partial charge in [0.15, 0.2) is 0 Å². The van der Waals surface area contributed by atoms with Crippen LogP contribution < -0.4 is 0 Å². The first-order valence-electron chi connectivity index (χ1n) is 3.05. The fraction of sp³-hybridized carbons (Fsp3) is 0.286. The lowest BCUT2D eigenvalue weighted by Crippen LogP contribution is -1.95. The Labute approximate surface area is 58.3 Å². The van der Waals surface area contributed by atoms with Crippen molar-refractivity contribution in [2.75, 3.05) is 6.61 Å². The molecule has 0 aliphatic rings. The molecule has 1 aromatic rings. The molecule has 1 N–H and O–H groups in total. The number of hydrogen-bond acceptors (Lipinski definition) is 2. The maximum Gasteiger partial charge on any atom is 0.216 e. The molecule has 0 aromatic carbocycles. The summed E-state index contributed by atoms with van der Waals surface area (Å²) in [7, 11) is 0. The van der Waals surface area contributed by atoms with Crippen LogP contribution in [0.3, 0.4) is 0 Å². The monoisotopic (exact) mass is 141 g/mol. The van der Waals surface area contributed by atoms with Gasteiger partial charge >= 0.3 is 0 Å². The summed E-state index contributed by atoms with van der Waals surface area (Å²) in [5.74, 6) is -0.489. The molecule has 2 nitrogen and oxygen atoms in total. The summed E-state index contributed by atoms with van der Waals surface area (Å²) >= 11 is 0. The molecule has 0 unspecified atom stereocenters. The molecule has 0 aliphatic heterocycles. The largest absolute Gasteiger partial charge is 0.396 e. The summed E-state index contributed by atoms with van der Waals surface area (Å²) in [4.78, 5) is 3.42. The third-order valence-electron chi connectivity index (χ3n) is 1.22. The van der Waals surface area contributed by atoms with Gasteiger partial charge in [-0.25, -0.2) is 4.98 Å². The van der Waals surface area contributed by atoms with Crippen LogP contribution in [0.25, 0.3) is 0 Å². The van der Waals surface area contributed by atoms with Gasteiger partial charge < -0.3 is 5.11 Å². The van der Waals surface area contributed by atoms with Crippen molar-refractivity contribution in [3.05, 3.63) is 29.8 Å². The molecular weight excluding hydrogens is 133 g/mol. The van der Waals surface area contributed by atoms with Crippen molar-refractivity contribution in [1.29, 1.82) is 0 Å². The van der Waals surface area contributed by atoms with Crippen molar-refractivity contribution in [2.24, 2.45) is 0 Å². The Bertz CT molecular complexity index is 215. The second kappa shape index (κ2) is 3.27. The Morgan fingerprint density at radius 3 is 3.00 bits per heavy atom. The van der Waals surface area contributed by atoms with Gasteiger partial charge in [-0.05, 0) is 12.5 Å². The van der Waals surface area contributed by atoms with Crippen LogP contribution in [0.5, 0.6) is 0 Å². The molecule has 54 valence electrons. The molecule has 0 saturated heterocycles. The van der Waals surface area contributed by atoms with Crippen molar-refractivity contribution in [3.8, 4) is 0 Å². The Hall–Kier alpha value is -0.960. The van der Waals surface area contributed by atoms with Gasteiger partial charge in [-0.2, -0.15) is 4.39 Å². The molecule has 0 atom stereocenters. The highest BCUT2D eigenvalue weighted by atomic mass is 19.1. The Kier molecular flexibility index (Phi) is 2.34. The van der Waals surface area contributed by atoms with Crippen LogP contribution in [0.15, 0.2) is 18.3 Å². The first-order valence-corrected chi connectivity index (χ1v) is 3.05. The van der Waals surface area contributed by atoms with E-state index >= 15 is 0 Å². The maximum absolute atomic E-state index is 12.6. The topological polar surface area (TPSA) is 33.1 Å². The normalized spacial score (nSPS) is 9.80. The molecular formula is C7H8FNO. The minimum absolute atomic E-state index is 0.0391. The van der Waals surface area contributed by atoms with E-state index in [-0.39, 0.29) is 6.61 Å². The number of hydrogen-bond donors (Lipinski definition) is 1. The molecule has 0 fully saturated rings. The van der Waals surface area contributed by atoms with Crippen LogP contribution >= 0.6 is 0 Å². The fourth-order valence-electron chi connectivity index (χ4n) is 0.726. The molecule has 1 heterocycles. The van der Waals surface area contributed by atoms with E-state index in [9.17, 15) is 4.39 Å². The highest BCUT2D eigenvalue weighted by molar-refractivity contribution is 5.10. The molecule has 0 amide bonds. The molecule has 0 spiro atoms. The standard InChI is InChI=1S/C7H8FNO/c8-7-6(3-5-10)2-1-4-9-7/h1-2,4,10H,3,5H2. The predicted octanol–water partition coefficient (Wildman–Crippen LogP) is 0.756. The van der Waals surface area contributed by atoms with Gasteiger partial charge in [0, 0.05) is 18.4 Å². The third kappa shape index (κ3) is 1.51. The minimum Gasteiger partial charge on any atom is -0.396 e. The van der Waals surface area contributed by atoms with Gasteiger partial charge in [-0.15, -0.1) is 0 Å². The summed E-state index contributed by atoms with van der Waals surface area (Å²) in [5, 5.41) is 8.45. The highest BCUT2D eigenvalue weighted by Crippen LogP contribution is 2.02. The van der Waals surface area contributed by atoms with Gasteiger partial charge in [-0.1, -0.05) is 6.07 Å². The van der Waals surface area contributed by atoms with Crippen LogP contribution in [0.2, 0.25) is 0 Å². The zero-order valence-electron chi connectivity index (χ0n) is 5.42. The average molecular weight is 141 g/mol. The zero-order chi connectivity index (χ0) is 7.40. The van der Waals surface area contributed by atoms with Crippen molar-refractivity contribution >= 4 is 0 Å². The van der Waals surface area contributed by atoms with Gasteiger partial charge in [0.1, 0.15) is 0 Å². The molecule has 0 bridgehead atoms. The van der Waals surface area contributed by atoms with E-state index in [0.717, 1.165) is 0 Å². The van der Waals surface area contributed by atoms with Crippen molar-refractivity contribution in [2.45, 2.75) is 6.42 Å². The number of aliphatic hydroxyl groups excluding tert-OH is 1. The lowest BCUT2D eigenvalue weighted by molar-refractivity contribution is 0.297. The summed E-state index contributed by atoms with van der Waals surface area (Å²) in [6, 6.07) is 3.26. The number of halogens is 1. The highest BCUT2D eigenvalue weighted by Gasteiger charge is 1.98. The predicted molar refractivity (Wildman–Crippen MR) is 35.0 cm³/mol. The molecule has 0 aliphatic carbocycles. The van der Waals surface area contributed by atoms with Crippen LogP contribution in [0.1, 0.15) is 5.56 Å². The zero-order valence-corrected chi connectivity index (χ0v) is 5.42. The van der Waals surface area contributed by atoms with E-state index in [4.69, 9.17) is 5.11 Å². The average Bonchev–Trinajstić information content (AvgIpc) is 1.94. The number of rotatable bonds is 2. The van der Waals surface area contributed by atoms with E-state index in [2.05, 4.69) is 4.98 Å². The summed E-state index contributed by atoms with van der Waals surface area (Å²) < 4.78 is 12.6. The van der Waals surface area contributed by atoms with Gasteiger partial charge in [0.25, 0.3) is 0 Å². The van der Waals surface area contributed by atoms with Gasteiger partial charge in [-0.3, -0.25) is 0 Å². The van der Waals surface area contributed by atoms with E-state index in [0.29, 0.717) is 12.0 Å². The van der Waals surface area contributed by atoms with Gasteiger partial charge in [0.2, 0.25) is 5.95 Å². The van der Waals surface area contributed by atoms with E-state index in [1.54, 1.807) is 12.1 Å². The van der Waals surface area contributed by atoms with Crippen molar-refractivity contribution < 1.29 is 9.50 Å². The minimum atomic E-state index is -0.489. The molecule has 1 rings (SSSR count). The smallest absolute Gasteiger partial charge is 0.216 e. The van der Waals surface area contributed by atoms with Crippen LogP contribution in [0.4, 0.5) is 4.39 Å². The van der Waals surface area contributed by atoms with Crippen molar-refractivity contribution in [3.63, 3.8) is 0 Å². The maximum atomic E-state index is 12.6. The molecule has 0 radical (unpaired) electrons. The number of aliphatic hydroxyl groups is 1. The molecule has 3 heteroatoms. The molecule has 10 heavy (non-hydrogen) atoms. The fourth-order valence-corrected chi connectivity index (χ4v) is 0.726. The quantitative estimate of drug-likeness (QED) is 0.616. The SMILES string of the molecule is OCCc1cccnc1F. The Morgan fingerprint density at radius 1 is 1.60 bits per heavy atom. The van der Waals surface area contributed by atoms with E-state index in [1.807, 2.05) is 0 Å². The second-order valence-electron chi connectivity index (χ2n) is 1.93. The van der Waals surface area contributed by atoms with E-state index < -0.39 is 5.95 Å². The number of nitrogens with zero attached hydrogens (tertiary/aromatic N) is 1. The van der Waals surface area contributed by atoms with E-state index in [1.165, 1.54) is 6.20 Å². The third-order valence-corrected chi connectivity index (χ3v) is 1.22. The lowest BCUT2D eigenvalue weighted by atomic mass is 10.2. The first-order chi connectivity index (χ1) is 4.84. The lowest BCUT2D eigenvalue weighted by Gasteiger charge is -1.96. The second-order valence-corrected chi connectivity index (χ2v) is 1.93. The van der Waals surface area contributed by atoms with Crippen molar-refractivity contribution in [1.82, 2.24) is 4.98 Å².